The van der Waals surface area contributed by atoms with Crippen molar-refractivity contribution in [3.8, 4) is 10.6 Å². The highest BCUT2D eigenvalue weighted by Crippen LogP contribution is 2.30. The first-order chi connectivity index (χ1) is 11.0. The number of carbonyl (C=O) groups excluding carboxylic acids is 2. The van der Waals surface area contributed by atoms with Crippen molar-refractivity contribution in [3.05, 3.63) is 40.7 Å². The molecule has 1 aliphatic rings. The maximum absolute atomic E-state index is 13.0. The highest BCUT2D eigenvalue weighted by Gasteiger charge is 2.34. The lowest BCUT2D eigenvalue weighted by atomic mass is 10.2. The van der Waals surface area contributed by atoms with Gasteiger partial charge in [-0.2, -0.15) is 0 Å². The maximum atomic E-state index is 13.0. The van der Waals surface area contributed by atoms with E-state index in [0.29, 0.717) is 28.5 Å². The minimum Gasteiger partial charge on any atom is -0.368 e. The second kappa shape index (κ2) is 6.08. The molecular formula is C16H16FN3O2S. The van der Waals surface area contributed by atoms with Crippen molar-refractivity contribution in [1.82, 2.24) is 9.88 Å². The van der Waals surface area contributed by atoms with E-state index in [1.165, 1.54) is 28.4 Å². The SMILES string of the molecule is Cc1nc(-c2ccc(F)cc2)sc1C(=O)N1CCCC1C(N)=O. The highest BCUT2D eigenvalue weighted by atomic mass is 32.1. The van der Waals surface area contributed by atoms with Crippen molar-refractivity contribution in [1.29, 1.82) is 0 Å². The molecule has 7 heteroatoms. The van der Waals surface area contributed by atoms with Gasteiger partial charge in [0.15, 0.2) is 0 Å². The number of hydrogen-bond donors (Lipinski definition) is 1. The van der Waals surface area contributed by atoms with Crippen LogP contribution in [-0.2, 0) is 4.79 Å². The van der Waals surface area contributed by atoms with Crippen LogP contribution in [0.3, 0.4) is 0 Å². The van der Waals surface area contributed by atoms with Crippen molar-refractivity contribution in [2.24, 2.45) is 5.73 Å². The number of primary amides is 1. The fourth-order valence-corrected chi connectivity index (χ4v) is 3.77. The molecule has 0 radical (unpaired) electrons. The van der Waals surface area contributed by atoms with Gasteiger partial charge in [0.25, 0.3) is 5.91 Å². The van der Waals surface area contributed by atoms with Gasteiger partial charge in [-0.1, -0.05) is 0 Å². The lowest BCUT2D eigenvalue weighted by molar-refractivity contribution is -0.121. The third-order valence-electron chi connectivity index (χ3n) is 3.92. The summed E-state index contributed by atoms with van der Waals surface area (Å²) in [6, 6.07) is 5.43. The number of amides is 2. The molecule has 2 N–H and O–H groups in total. The quantitative estimate of drug-likeness (QED) is 0.937. The molecule has 2 amide bonds. The Bertz CT molecular complexity index is 757. The number of nitrogens with zero attached hydrogens (tertiary/aromatic N) is 2. The summed E-state index contributed by atoms with van der Waals surface area (Å²) in [5, 5.41) is 0.653. The Morgan fingerprint density at radius 2 is 2.04 bits per heavy atom. The first-order valence-corrected chi connectivity index (χ1v) is 8.12. The van der Waals surface area contributed by atoms with Gasteiger partial charge >= 0.3 is 0 Å². The van der Waals surface area contributed by atoms with E-state index in [-0.39, 0.29) is 11.7 Å². The molecule has 1 fully saturated rings. The topological polar surface area (TPSA) is 76.3 Å². The average Bonchev–Trinajstić information content (AvgIpc) is 3.14. The predicted octanol–water partition coefficient (Wildman–Crippen LogP) is 2.35. The Morgan fingerprint density at radius 3 is 2.70 bits per heavy atom. The van der Waals surface area contributed by atoms with Crippen LogP contribution in [0.15, 0.2) is 24.3 Å². The summed E-state index contributed by atoms with van der Waals surface area (Å²) in [6.07, 6.45) is 1.37. The summed E-state index contributed by atoms with van der Waals surface area (Å²) in [4.78, 5) is 30.6. The molecule has 0 spiro atoms. The van der Waals surface area contributed by atoms with Gasteiger partial charge in [-0.05, 0) is 44.0 Å². The molecule has 1 aromatic heterocycles. The van der Waals surface area contributed by atoms with Crippen molar-refractivity contribution >= 4 is 23.2 Å². The predicted molar refractivity (Wildman–Crippen MR) is 85.5 cm³/mol. The molecule has 1 aliphatic heterocycles. The van der Waals surface area contributed by atoms with E-state index >= 15 is 0 Å². The number of rotatable bonds is 3. The summed E-state index contributed by atoms with van der Waals surface area (Å²) in [5.41, 5.74) is 6.73. The molecule has 0 bridgehead atoms. The van der Waals surface area contributed by atoms with Gasteiger partial charge in [-0.15, -0.1) is 11.3 Å². The standard InChI is InChI=1S/C16H16FN3O2S/c1-9-13(16(22)20-8-2-3-12(20)14(18)21)23-15(19-9)10-4-6-11(17)7-5-10/h4-7,12H,2-3,8H2,1H3,(H2,18,21). The van der Waals surface area contributed by atoms with Gasteiger partial charge in [-0.25, -0.2) is 9.37 Å². The normalized spacial score (nSPS) is 17.5. The fraction of sp³-hybridized carbons (Fsp3) is 0.312. The maximum Gasteiger partial charge on any atom is 0.266 e. The number of likely N-dealkylation sites (tertiary alicyclic amines) is 1. The van der Waals surface area contributed by atoms with E-state index in [2.05, 4.69) is 4.98 Å². The van der Waals surface area contributed by atoms with Crippen molar-refractivity contribution in [2.45, 2.75) is 25.8 Å². The number of aromatic nitrogens is 1. The number of halogens is 1. The number of nitrogens with two attached hydrogens (primary N) is 1. The number of carbonyl (C=O) groups is 2. The fourth-order valence-electron chi connectivity index (χ4n) is 2.75. The summed E-state index contributed by atoms with van der Waals surface area (Å²) < 4.78 is 13.0. The Labute approximate surface area is 136 Å². The van der Waals surface area contributed by atoms with Crippen LogP contribution >= 0.6 is 11.3 Å². The molecule has 23 heavy (non-hydrogen) atoms. The van der Waals surface area contributed by atoms with Crippen LogP contribution in [0.4, 0.5) is 4.39 Å². The Morgan fingerprint density at radius 1 is 1.35 bits per heavy atom. The number of hydrogen-bond acceptors (Lipinski definition) is 4. The van der Waals surface area contributed by atoms with Crippen LogP contribution in [0.1, 0.15) is 28.2 Å². The van der Waals surface area contributed by atoms with Gasteiger partial charge < -0.3 is 10.6 Å². The summed E-state index contributed by atoms with van der Waals surface area (Å²) in [6.45, 7) is 2.28. The van der Waals surface area contributed by atoms with Crippen molar-refractivity contribution < 1.29 is 14.0 Å². The van der Waals surface area contributed by atoms with E-state index in [1.54, 1.807) is 19.1 Å². The van der Waals surface area contributed by atoms with Crippen LogP contribution in [0.5, 0.6) is 0 Å². The molecule has 2 aromatic rings. The highest BCUT2D eigenvalue weighted by molar-refractivity contribution is 7.17. The van der Waals surface area contributed by atoms with E-state index < -0.39 is 11.9 Å². The molecule has 0 saturated carbocycles. The third-order valence-corrected chi connectivity index (χ3v) is 5.12. The summed E-state index contributed by atoms with van der Waals surface area (Å²) in [5.74, 6) is -1.01. The van der Waals surface area contributed by atoms with Gasteiger partial charge in [0.2, 0.25) is 5.91 Å². The zero-order chi connectivity index (χ0) is 16.6. The lowest BCUT2D eigenvalue weighted by Crippen LogP contribution is -2.43. The van der Waals surface area contributed by atoms with Gasteiger partial charge in [0, 0.05) is 12.1 Å². The Kier molecular flexibility index (Phi) is 4.12. The number of benzene rings is 1. The molecule has 1 aromatic carbocycles. The molecule has 1 atom stereocenters. The van der Waals surface area contributed by atoms with Crippen molar-refractivity contribution in [3.63, 3.8) is 0 Å². The third kappa shape index (κ3) is 2.96. The van der Waals surface area contributed by atoms with Crippen LogP contribution in [0.2, 0.25) is 0 Å². The first kappa shape index (κ1) is 15.6. The van der Waals surface area contributed by atoms with Gasteiger partial charge in [0.05, 0.1) is 5.69 Å². The number of thiazole rings is 1. The molecule has 1 saturated heterocycles. The molecule has 0 aliphatic carbocycles. The summed E-state index contributed by atoms with van der Waals surface area (Å²) in [7, 11) is 0. The Hall–Kier alpha value is -2.28. The average molecular weight is 333 g/mol. The minimum absolute atomic E-state index is 0.213. The monoisotopic (exact) mass is 333 g/mol. The minimum atomic E-state index is -0.543. The molecule has 5 nitrogen and oxygen atoms in total. The number of aryl methyl sites for hydroxylation is 1. The summed E-state index contributed by atoms with van der Waals surface area (Å²) >= 11 is 1.25. The zero-order valence-corrected chi connectivity index (χ0v) is 13.4. The molecule has 2 heterocycles. The Balaban J connectivity index is 1.90. The molecule has 120 valence electrons. The van der Waals surface area contributed by atoms with E-state index in [1.807, 2.05) is 0 Å². The van der Waals surface area contributed by atoms with Gasteiger partial charge in [0.1, 0.15) is 21.7 Å². The van der Waals surface area contributed by atoms with Crippen LogP contribution in [0, 0.1) is 12.7 Å². The molecule has 3 rings (SSSR count). The van der Waals surface area contributed by atoms with Gasteiger partial charge in [-0.3, -0.25) is 9.59 Å². The first-order valence-electron chi connectivity index (χ1n) is 7.31. The second-order valence-corrected chi connectivity index (χ2v) is 6.50. The lowest BCUT2D eigenvalue weighted by Gasteiger charge is -2.21. The zero-order valence-electron chi connectivity index (χ0n) is 12.6. The smallest absolute Gasteiger partial charge is 0.266 e. The van der Waals surface area contributed by atoms with Crippen LogP contribution in [0.25, 0.3) is 10.6 Å². The van der Waals surface area contributed by atoms with Crippen molar-refractivity contribution in [2.75, 3.05) is 6.54 Å². The van der Waals surface area contributed by atoms with E-state index in [4.69, 9.17) is 5.73 Å². The van der Waals surface area contributed by atoms with Crippen LogP contribution < -0.4 is 5.73 Å². The molecular weight excluding hydrogens is 317 g/mol. The van der Waals surface area contributed by atoms with E-state index in [9.17, 15) is 14.0 Å². The van der Waals surface area contributed by atoms with Crippen LogP contribution in [-0.4, -0.2) is 34.3 Å². The second-order valence-electron chi connectivity index (χ2n) is 5.50. The molecule has 1 unspecified atom stereocenters. The largest absolute Gasteiger partial charge is 0.368 e. The van der Waals surface area contributed by atoms with E-state index in [0.717, 1.165) is 12.0 Å².